The smallest absolute Gasteiger partial charge is 0.269 e. The van der Waals surface area contributed by atoms with Crippen molar-refractivity contribution in [2.45, 2.75) is 4.90 Å². The molecule has 0 radical (unpaired) electrons. The zero-order valence-electron chi connectivity index (χ0n) is 15.9. The number of anilines is 1. The zero-order valence-corrected chi connectivity index (χ0v) is 17.6. The summed E-state index contributed by atoms with van der Waals surface area (Å²) in [5, 5.41) is 13.2. The van der Waals surface area contributed by atoms with Crippen molar-refractivity contribution < 1.29 is 22.1 Å². The molecule has 8 nitrogen and oxygen atoms in total. The minimum absolute atomic E-state index is 0.00132. The number of sulfonamides is 1. The van der Waals surface area contributed by atoms with Crippen LogP contribution < -0.4 is 4.90 Å². The zero-order chi connectivity index (χ0) is 22.2. The molecular weight excluding hydrogens is 450 g/mol. The van der Waals surface area contributed by atoms with Gasteiger partial charge in [0.1, 0.15) is 0 Å². The van der Waals surface area contributed by atoms with Crippen molar-refractivity contribution in [2.75, 3.05) is 31.1 Å². The fraction of sp³-hybridized carbons (Fsp3) is 0.211. The second-order valence-corrected chi connectivity index (χ2v) is 9.56. The maximum Gasteiger partial charge on any atom is 0.269 e. The van der Waals surface area contributed by atoms with Crippen LogP contribution >= 0.6 is 11.3 Å². The predicted molar refractivity (Wildman–Crippen MR) is 112 cm³/mol. The molecule has 1 aliphatic heterocycles. The van der Waals surface area contributed by atoms with Crippen molar-refractivity contribution in [2.24, 2.45) is 0 Å². The van der Waals surface area contributed by atoms with Gasteiger partial charge in [-0.2, -0.15) is 4.31 Å². The molecule has 31 heavy (non-hydrogen) atoms. The summed E-state index contributed by atoms with van der Waals surface area (Å²) in [7, 11) is -3.77. The topological polar surface area (TPSA) is 96.6 Å². The molecule has 162 valence electrons. The highest BCUT2D eigenvalue weighted by atomic mass is 32.2. The second-order valence-electron chi connectivity index (χ2n) is 6.79. The lowest BCUT2D eigenvalue weighted by Crippen LogP contribution is -2.48. The van der Waals surface area contributed by atoms with E-state index in [9.17, 15) is 27.3 Å². The van der Waals surface area contributed by atoms with Crippen LogP contribution in [0.5, 0.6) is 0 Å². The van der Waals surface area contributed by atoms with Crippen molar-refractivity contribution in [3.05, 3.63) is 69.6 Å². The highest BCUT2D eigenvalue weighted by molar-refractivity contribution is 7.89. The molecule has 0 saturated carbocycles. The van der Waals surface area contributed by atoms with Gasteiger partial charge in [-0.3, -0.25) is 10.1 Å². The van der Waals surface area contributed by atoms with Crippen molar-refractivity contribution in [3.63, 3.8) is 0 Å². The highest BCUT2D eigenvalue weighted by Crippen LogP contribution is 2.30. The monoisotopic (exact) mass is 466 g/mol. The Bertz CT molecular complexity index is 1220. The van der Waals surface area contributed by atoms with Gasteiger partial charge in [0.2, 0.25) is 10.0 Å². The van der Waals surface area contributed by atoms with Crippen LogP contribution in [0.25, 0.3) is 11.3 Å². The molecular formula is C19H16F2N4O4S2. The van der Waals surface area contributed by atoms with Crippen LogP contribution in [-0.4, -0.2) is 48.8 Å². The number of benzene rings is 2. The summed E-state index contributed by atoms with van der Waals surface area (Å²) < 4.78 is 53.6. The number of hydrogen-bond donors (Lipinski definition) is 0. The Hall–Kier alpha value is -2.96. The first-order chi connectivity index (χ1) is 14.8. The van der Waals surface area contributed by atoms with Gasteiger partial charge in [-0.05, 0) is 30.3 Å². The molecule has 1 saturated heterocycles. The first-order valence-electron chi connectivity index (χ1n) is 9.16. The lowest BCUT2D eigenvalue weighted by Gasteiger charge is -2.33. The number of nitrogens with zero attached hydrogens (tertiary/aromatic N) is 4. The van der Waals surface area contributed by atoms with Gasteiger partial charge in [-0.25, -0.2) is 22.2 Å². The molecule has 1 aromatic heterocycles. The van der Waals surface area contributed by atoms with Crippen LogP contribution in [0.4, 0.5) is 19.6 Å². The summed E-state index contributed by atoms with van der Waals surface area (Å²) >= 11 is 1.34. The molecule has 2 aromatic carbocycles. The molecule has 12 heteroatoms. The maximum absolute atomic E-state index is 13.5. The van der Waals surface area contributed by atoms with E-state index in [-0.39, 0.29) is 23.7 Å². The molecule has 0 spiro atoms. The number of rotatable bonds is 5. The van der Waals surface area contributed by atoms with Crippen molar-refractivity contribution in [1.82, 2.24) is 9.29 Å². The Morgan fingerprint density at radius 2 is 1.68 bits per heavy atom. The number of hydrogen-bond acceptors (Lipinski definition) is 7. The Balaban J connectivity index is 1.44. The van der Waals surface area contributed by atoms with Crippen LogP contribution in [-0.2, 0) is 10.0 Å². The quantitative estimate of drug-likeness (QED) is 0.422. The average molecular weight is 466 g/mol. The Morgan fingerprint density at radius 3 is 2.29 bits per heavy atom. The van der Waals surface area contributed by atoms with Crippen LogP contribution in [0.1, 0.15) is 0 Å². The van der Waals surface area contributed by atoms with E-state index in [0.717, 1.165) is 12.1 Å². The molecule has 3 aromatic rings. The summed E-state index contributed by atoms with van der Waals surface area (Å²) in [6.07, 6.45) is 0. The summed E-state index contributed by atoms with van der Waals surface area (Å²) in [5.41, 5.74) is 0.796. The number of nitro groups is 1. The molecule has 0 aliphatic carbocycles. The van der Waals surface area contributed by atoms with Gasteiger partial charge in [-0.1, -0.05) is 0 Å². The van der Waals surface area contributed by atoms with Gasteiger partial charge >= 0.3 is 0 Å². The third-order valence-electron chi connectivity index (χ3n) is 4.90. The van der Waals surface area contributed by atoms with Crippen molar-refractivity contribution >= 4 is 32.2 Å². The molecule has 2 heterocycles. The van der Waals surface area contributed by atoms with Gasteiger partial charge in [0, 0.05) is 49.3 Å². The number of piperazine rings is 1. The van der Waals surface area contributed by atoms with Crippen LogP contribution in [0.3, 0.4) is 0 Å². The van der Waals surface area contributed by atoms with Gasteiger partial charge in [-0.15, -0.1) is 11.3 Å². The van der Waals surface area contributed by atoms with E-state index in [0.29, 0.717) is 29.5 Å². The fourth-order valence-corrected chi connectivity index (χ4v) is 5.52. The highest BCUT2D eigenvalue weighted by Gasteiger charge is 2.29. The molecule has 4 rings (SSSR count). The van der Waals surface area contributed by atoms with E-state index < -0.39 is 26.6 Å². The van der Waals surface area contributed by atoms with E-state index >= 15 is 0 Å². The number of aromatic nitrogens is 1. The fourth-order valence-electron chi connectivity index (χ4n) is 3.21. The predicted octanol–water partition coefficient (Wildman–Crippen LogP) is 3.51. The van der Waals surface area contributed by atoms with Crippen LogP contribution in [0.2, 0.25) is 0 Å². The van der Waals surface area contributed by atoms with Crippen molar-refractivity contribution in [1.29, 1.82) is 0 Å². The minimum atomic E-state index is -3.77. The number of thiazole rings is 1. The van der Waals surface area contributed by atoms with Crippen LogP contribution in [0.15, 0.2) is 52.7 Å². The lowest BCUT2D eigenvalue weighted by molar-refractivity contribution is -0.384. The van der Waals surface area contributed by atoms with E-state index in [1.165, 1.54) is 46.0 Å². The Kier molecular flexibility index (Phi) is 5.69. The number of non-ortho nitro benzene ring substituents is 1. The van der Waals surface area contributed by atoms with Crippen LogP contribution in [0, 0.1) is 21.7 Å². The second kappa shape index (κ2) is 8.29. The minimum Gasteiger partial charge on any atom is -0.345 e. The largest absolute Gasteiger partial charge is 0.345 e. The Morgan fingerprint density at radius 1 is 1.00 bits per heavy atom. The van der Waals surface area contributed by atoms with Gasteiger partial charge in [0.25, 0.3) is 5.69 Å². The third-order valence-corrected chi connectivity index (χ3v) is 7.72. The molecule has 1 aliphatic rings. The molecule has 0 amide bonds. The normalized spacial score (nSPS) is 15.2. The first-order valence-corrected chi connectivity index (χ1v) is 11.5. The summed E-state index contributed by atoms with van der Waals surface area (Å²) in [6.45, 7) is 1.24. The van der Waals surface area contributed by atoms with Gasteiger partial charge in [0.05, 0.1) is 15.5 Å². The maximum atomic E-state index is 13.5. The summed E-state index contributed by atoms with van der Waals surface area (Å²) in [6, 6.07) is 8.38. The van der Waals surface area contributed by atoms with E-state index in [1.807, 2.05) is 4.90 Å². The van der Waals surface area contributed by atoms with Gasteiger partial charge < -0.3 is 4.90 Å². The first kappa shape index (κ1) is 21.3. The molecule has 1 fully saturated rings. The van der Waals surface area contributed by atoms with E-state index in [4.69, 9.17) is 0 Å². The number of halogens is 2. The standard InChI is InChI=1S/C19H16F2N4O4S2/c20-16-6-1-13(11-17(16)21)18-12-30-19(22-18)23-7-9-24(10-8-23)31(28,29)15-4-2-14(3-5-15)25(26)27/h1-6,11-12H,7-10H2. The number of nitro benzene ring substituents is 1. The van der Waals surface area contributed by atoms with Gasteiger partial charge in [0.15, 0.2) is 16.8 Å². The average Bonchev–Trinajstić information content (AvgIpc) is 3.26. The SMILES string of the molecule is O=[N+]([O-])c1ccc(S(=O)(=O)N2CCN(c3nc(-c4ccc(F)c(F)c4)cs3)CC2)cc1. The molecule has 0 atom stereocenters. The third kappa shape index (κ3) is 4.27. The lowest BCUT2D eigenvalue weighted by atomic mass is 10.2. The molecule has 0 N–H and O–H groups in total. The molecule has 0 bridgehead atoms. The van der Waals surface area contributed by atoms with Crippen molar-refractivity contribution in [3.8, 4) is 11.3 Å². The molecule has 0 unspecified atom stereocenters. The van der Waals surface area contributed by atoms with E-state index in [2.05, 4.69) is 4.98 Å². The van der Waals surface area contributed by atoms with E-state index in [1.54, 1.807) is 5.38 Å². The summed E-state index contributed by atoms with van der Waals surface area (Å²) in [5.74, 6) is -1.87. The summed E-state index contributed by atoms with van der Waals surface area (Å²) in [4.78, 5) is 16.6. The Labute approximate surface area is 180 Å².